The van der Waals surface area contributed by atoms with Crippen LogP contribution in [0.15, 0.2) is 59.4 Å². The highest BCUT2D eigenvalue weighted by Gasteiger charge is 2.34. The van der Waals surface area contributed by atoms with E-state index in [2.05, 4.69) is 20.6 Å². The fourth-order valence-corrected chi connectivity index (χ4v) is 3.22. The Kier molecular flexibility index (Phi) is 6.72. The summed E-state index contributed by atoms with van der Waals surface area (Å²) in [5, 5.41) is 4.63. The van der Waals surface area contributed by atoms with Gasteiger partial charge >= 0.3 is 18.4 Å². The predicted octanol–water partition coefficient (Wildman–Crippen LogP) is 6.23. The summed E-state index contributed by atoms with van der Waals surface area (Å²) >= 11 is 0. The van der Waals surface area contributed by atoms with Crippen molar-refractivity contribution in [1.29, 1.82) is 0 Å². The number of pyridine rings is 2. The number of carbonyl (C=O) groups is 2. The van der Waals surface area contributed by atoms with Crippen LogP contribution in [0.3, 0.4) is 0 Å². The molecular weight excluding hydrogens is 488 g/mol. The van der Waals surface area contributed by atoms with Gasteiger partial charge in [0, 0.05) is 29.8 Å². The van der Waals surface area contributed by atoms with E-state index in [0.717, 1.165) is 6.07 Å². The predicted molar refractivity (Wildman–Crippen MR) is 119 cm³/mol. The number of amides is 2. The Morgan fingerprint density at radius 2 is 1.78 bits per heavy atom. The van der Waals surface area contributed by atoms with Crippen LogP contribution in [-0.4, -0.2) is 28.8 Å². The number of rotatable bonds is 5. The van der Waals surface area contributed by atoms with Crippen molar-refractivity contribution in [3.8, 4) is 17.0 Å². The van der Waals surface area contributed by atoms with Crippen LogP contribution in [0.5, 0.6) is 5.75 Å². The molecule has 3 heterocycles. The highest BCUT2D eigenvalue weighted by Crippen LogP contribution is 2.41. The van der Waals surface area contributed by atoms with Crippen LogP contribution in [-0.2, 0) is 10.9 Å². The molecule has 2 N–H and O–H groups in total. The lowest BCUT2D eigenvalue weighted by atomic mass is 10.1. The molecule has 0 aliphatic heterocycles. The van der Waals surface area contributed by atoms with E-state index < -0.39 is 29.7 Å². The van der Waals surface area contributed by atoms with E-state index in [1.165, 1.54) is 24.7 Å². The van der Waals surface area contributed by atoms with Crippen LogP contribution < -0.4 is 15.4 Å². The van der Waals surface area contributed by atoms with Crippen molar-refractivity contribution < 1.29 is 41.0 Å². The first kappa shape index (κ1) is 24.4. The fourth-order valence-electron chi connectivity index (χ4n) is 3.22. The van der Waals surface area contributed by atoms with Gasteiger partial charge in [-0.3, -0.25) is 20.6 Å². The molecule has 0 bridgehead atoms. The largest absolute Gasteiger partial charge is 0.450 e. The minimum absolute atomic E-state index is 0.0403. The zero-order valence-electron chi connectivity index (χ0n) is 18.4. The molecule has 0 unspecified atom stereocenters. The number of nitrogens with one attached hydrogen (secondary N) is 2. The molecule has 1 aromatic carbocycles. The molecule has 0 radical (unpaired) electrons. The molecule has 186 valence electrons. The second kappa shape index (κ2) is 9.90. The number of nitrogens with zero attached hydrogens (tertiary/aromatic N) is 2. The van der Waals surface area contributed by atoms with Crippen molar-refractivity contribution >= 4 is 34.7 Å². The van der Waals surface area contributed by atoms with E-state index in [1.54, 1.807) is 19.1 Å². The SMILES string of the molecule is CCOC(=O)Nc1oc2c(-c3ccncc3)nccc2c1OC(=O)Nc1ccc(F)c(C(F)(F)F)c1. The van der Waals surface area contributed by atoms with Crippen LogP contribution in [0.4, 0.5) is 38.7 Å². The number of benzene rings is 1. The number of hydrogen-bond acceptors (Lipinski definition) is 7. The molecule has 4 aromatic rings. The van der Waals surface area contributed by atoms with E-state index in [1.807, 2.05) is 0 Å². The summed E-state index contributed by atoms with van der Waals surface area (Å²) in [5.41, 5.74) is -0.855. The summed E-state index contributed by atoms with van der Waals surface area (Å²) in [6, 6.07) is 6.68. The van der Waals surface area contributed by atoms with Gasteiger partial charge in [0.05, 0.1) is 17.6 Å². The quantitative estimate of drug-likeness (QED) is 0.310. The fraction of sp³-hybridized carbons (Fsp3) is 0.130. The summed E-state index contributed by atoms with van der Waals surface area (Å²) in [4.78, 5) is 32.8. The second-order valence-electron chi connectivity index (χ2n) is 7.08. The van der Waals surface area contributed by atoms with Crippen molar-refractivity contribution in [2.75, 3.05) is 17.2 Å². The number of aromatic nitrogens is 2. The number of fused-ring (bicyclic) bond motifs is 1. The molecule has 2 amide bonds. The topological polar surface area (TPSA) is 116 Å². The maximum absolute atomic E-state index is 13.6. The lowest BCUT2D eigenvalue weighted by Crippen LogP contribution is -2.19. The highest BCUT2D eigenvalue weighted by atomic mass is 19.4. The maximum atomic E-state index is 13.6. The van der Waals surface area contributed by atoms with Crippen molar-refractivity contribution in [1.82, 2.24) is 9.97 Å². The Morgan fingerprint density at radius 1 is 1.03 bits per heavy atom. The zero-order chi connectivity index (χ0) is 25.9. The number of hydrogen-bond donors (Lipinski definition) is 2. The first-order valence-electron chi connectivity index (χ1n) is 10.3. The van der Waals surface area contributed by atoms with Crippen molar-refractivity contribution in [3.63, 3.8) is 0 Å². The monoisotopic (exact) mass is 504 g/mol. The summed E-state index contributed by atoms with van der Waals surface area (Å²) in [5.74, 6) is -2.07. The molecule has 36 heavy (non-hydrogen) atoms. The lowest BCUT2D eigenvalue weighted by molar-refractivity contribution is -0.139. The zero-order valence-corrected chi connectivity index (χ0v) is 18.4. The molecule has 0 atom stereocenters. The molecule has 0 saturated heterocycles. The van der Waals surface area contributed by atoms with Gasteiger partial charge in [0.15, 0.2) is 5.58 Å². The summed E-state index contributed by atoms with van der Waals surface area (Å²) in [6.07, 6.45) is -2.65. The standard InChI is InChI=1S/C23H16F4N4O5/c1-2-34-21(32)31-20-19(14-7-10-29-17(18(14)35-20)12-5-8-28-9-6-12)36-22(33)30-13-3-4-16(24)15(11-13)23(25,26)27/h3-11H,2H2,1H3,(H,30,33)(H,31,32). The third-order valence-electron chi connectivity index (χ3n) is 4.72. The minimum atomic E-state index is -4.97. The highest BCUT2D eigenvalue weighted by molar-refractivity contribution is 6.02. The van der Waals surface area contributed by atoms with Gasteiger partial charge in [0.1, 0.15) is 11.5 Å². The molecule has 9 nitrogen and oxygen atoms in total. The Balaban J connectivity index is 1.70. The summed E-state index contributed by atoms with van der Waals surface area (Å²) < 4.78 is 68.4. The molecule has 0 saturated carbocycles. The lowest BCUT2D eigenvalue weighted by Gasteiger charge is -2.11. The minimum Gasteiger partial charge on any atom is -0.450 e. The Morgan fingerprint density at radius 3 is 2.47 bits per heavy atom. The van der Waals surface area contributed by atoms with Gasteiger partial charge in [-0.25, -0.2) is 14.0 Å². The molecule has 4 rings (SSSR count). The van der Waals surface area contributed by atoms with Gasteiger partial charge < -0.3 is 13.9 Å². The van der Waals surface area contributed by atoms with Crippen LogP contribution in [0.1, 0.15) is 12.5 Å². The average molecular weight is 504 g/mol. The molecular formula is C23H16F4N4O5. The second-order valence-corrected chi connectivity index (χ2v) is 7.08. The van der Waals surface area contributed by atoms with Gasteiger partial charge in [-0.05, 0) is 43.3 Å². The summed E-state index contributed by atoms with van der Waals surface area (Å²) in [7, 11) is 0. The van der Waals surface area contributed by atoms with Crippen LogP contribution in [0.25, 0.3) is 22.2 Å². The summed E-state index contributed by atoms with van der Waals surface area (Å²) in [6.45, 7) is 1.62. The van der Waals surface area contributed by atoms with E-state index in [4.69, 9.17) is 13.9 Å². The maximum Gasteiger partial charge on any atom is 0.419 e. The number of ether oxygens (including phenoxy) is 2. The van der Waals surface area contributed by atoms with E-state index in [0.29, 0.717) is 23.4 Å². The molecule has 0 fully saturated rings. The smallest absolute Gasteiger partial charge is 0.419 e. The molecule has 0 aliphatic carbocycles. The average Bonchev–Trinajstić information content (AvgIpc) is 3.17. The number of furan rings is 1. The van der Waals surface area contributed by atoms with Crippen molar-refractivity contribution in [3.05, 3.63) is 66.4 Å². The molecule has 0 spiro atoms. The van der Waals surface area contributed by atoms with Crippen molar-refractivity contribution in [2.24, 2.45) is 0 Å². The normalized spacial score (nSPS) is 11.2. The van der Waals surface area contributed by atoms with Crippen LogP contribution in [0, 0.1) is 5.82 Å². The third-order valence-corrected chi connectivity index (χ3v) is 4.72. The number of halogens is 4. The number of alkyl halides is 3. The Hall–Kier alpha value is -4.68. The van der Waals surface area contributed by atoms with Gasteiger partial charge in [0.2, 0.25) is 11.6 Å². The molecule has 3 aromatic heterocycles. The van der Waals surface area contributed by atoms with E-state index >= 15 is 0 Å². The van der Waals surface area contributed by atoms with E-state index in [9.17, 15) is 27.2 Å². The number of carbonyl (C=O) groups excluding carboxylic acids is 2. The van der Waals surface area contributed by atoms with Gasteiger partial charge in [-0.1, -0.05) is 0 Å². The van der Waals surface area contributed by atoms with Crippen LogP contribution in [0.2, 0.25) is 0 Å². The number of anilines is 2. The first-order chi connectivity index (χ1) is 17.2. The van der Waals surface area contributed by atoms with Gasteiger partial charge in [-0.15, -0.1) is 0 Å². The van der Waals surface area contributed by atoms with Gasteiger partial charge in [0.25, 0.3) is 0 Å². The van der Waals surface area contributed by atoms with E-state index in [-0.39, 0.29) is 34.9 Å². The Labute approximate surface area is 200 Å². The van der Waals surface area contributed by atoms with Crippen molar-refractivity contribution in [2.45, 2.75) is 13.1 Å². The third kappa shape index (κ3) is 5.19. The molecule has 0 aliphatic rings. The molecule has 13 heteroatoms. The first-order valence-corrected chi connectivity index (χ1v) is 10.3. The Bertz CT molecular complexity index is 1420. The van der Waals surface area contributed by atoms with Gasteiger partial charge in [-0.2, -0.15) is 13.2 Å². The van der Waals surface area contributed by atoms with Crippen LogP contribution >= 0.6 is 0 Å².